The monoisotopic (exact) mass is 279 g/mol. The average molecular weight is 280 g/mol. The number of carbonyl (C=O) groups excluding carboxylic acids is 1. The Kier molecular flexibility index (Phi) is 3.52. The first-order chi connectivity index (χ1) is 8.97. The van der Waals surface area contributed by atoms with Crippen LogP contribution in [0.3, 0.4) is 0 Å². The molecule has 0 aliphatic heterocycles. The van der Waals surface area contributed by atoms with Gasteiger partial charge in [-0.25, -0.2) is 4.79 Å². The normalized spacial score (nSPS) is 10.2. The molecule has 98 valence electrons. The predicted molar refractivity (Wildman–Crippen MR) is 69.7 cm³/mol. The summed E-state index contributed by atoms with van der Waals surface area (Å²) in [6.07, 6.45) is 0. The zero-order valence-electron chi connectivity index (χ0n) is 9.90. The van der Waals surface area contributed by atoms with Gasteiger partial charge in [0.1, 0.15) is 0 Å². The maximum absolute atomic E-state index is 11.8. The second-order valence-corrected chi connectivity index (χ2v) is 4.30. The molecule has 6 nitrogen and oxygen atoms in total. The first-order valence-corrected chi connectivity index (χ1v) is 5.71. The Hall–Kier alpha value is -2.34. The Labute approximate surface area is 113 Å². The highest BCUT2D eigenvalue weighted by atomic mass is 35.5. The Morgan fingerprint density at radius 2 is 2.11 bits per heavy atom. The van der Waals surface area contributed by atoms with Crippen molar-refractivity contribution in [1.29, 1.82) is 0 Å². The Morgan fingerprint density at radius 1 is 1.37 bits per heavy atom. The van der Waals surface area contributed by atoms with E-state index in [4.69, 9.17) is 16.7 Å². The minimum atomic E-state index is -1.08. The van der Waals surface area contributed by atoms with Crippen LogP contribution in [0.2, 0.25) is 5.02 Å². The number of carboxylic acid groups (broad SMARTS) is 1. The van der Waals surface area contributed by atoms with Crippen molar-refractivity contribution in [2.24, 2.45) is 0 Å². The molecule has 0 saturated heterocycles. The van der Waals surface area contributed by atoms with Crippen LogP contribution in [0.5, 0.6) is 0 Å². The minimum absolute atomic E-state index is 0.0543. The van der Waals surface area contributed by atoms with Crippen LogP contribution >= 0.6 is 11.6 Å². The lowest BCUT2D eigenvalue weighted by Gasteiger charge is -2.06. The molecule has 1 aromatic carbocycles. The van der Waals surface area contributed by atoms with Gasteiger partial charge in [-0.3, -0.25) is 9.89 Å². The average Bonchev–Trinajstić information content (AvgIpc) is 2.78. The van der Waals surface area contributed by atoms with Crippen LogP contribution in [-0.2, 0) is 0 Å². The SMILES string of the molecule is Cc1cc(C(=O)Nc2ccc(C(=O)O)cc2Cl)n[nH]1. The lowest BCUT2D eigenvalue weighted by molar-refractivity contribution is 0.0696. The molecule has 1 amide bonds. The van der Waals surface area contributed by atoms with E-state index in [0.29, 0.717) is 5.69 Å². The molecule has 2 aromatic rings. The maximum Gasteiger partial charge on any atom is 0.335 e. The Bertz CT molecular complexity index is 651. The summed E-state index contributed by atoms with van der Waals surface area (Å²) in [6, 6.07) is 5.66. The highest BCUT2D eigenvalue weighted by molar-refractivity contribution is 6.34. The minimum Gasteiger partial charge on any atom is -0.478 e. The highest BCUT2D eigenvalue weighted by Gasteiger charge is 2.12. The van der Waals surface area contributed by atoms with Crippen LogP contribution in [0.15, 0.2) is 24.3 Å². The molecule has 7 heteroatoms. The van der Waals surface area contributed by atoms with Crippen LogP contribution in [0.4, 0.5) is 5.69 Å². The fraction of sp³-hybridized carbons (Fsp3) is 0.0833. The molecular weight excluding hydrogens is 270 g/mol. The zero-order chi connectivity index (χ0) is 14.0. The molecule has 3 N–H and O–H groups in total. The number of carboxylic acids is 1. The number of halogens is 1. The first kappa shape index (κ1) is 13.1. The summed E-state index contributed by atoms with van der Waals surface area (Å²) in [5.74, 6) is -1.50. The number of carbonyl (C=O) groups is 2. The number of nitrogens with one attached hydrogen (secondary N) is 2. The van der Waals surface area contributed by atoms with Gasteiger partial charge in [-0.05, 0) is 31.2 Å². The van der Waals surface area contributed by atoms with Crippen molar-refractivity contribution >= 4 is 29.2 Å². The molecule has 2 rings (SSSR count). The summed E-state index contributed by atoms with van der Waals surface area (Å²) in [6.45, 7) is 1.78. The van der Waals surface area contributed by atoms with E-state index in [-0.39, 0.29) is 16.3 Å². The topological polar surface area (TPSA) is 95.1 Å². The Balaban J connectivity index is 2.20. The second kappa shape index (κ2) is 5.11. The van der Waals surface area contributed by atoms with Crippen molar-refractivity contribution in [3.8, 4) is 0 Å². The van der Waals surface area contributed by atoms with E-state index in [9.17, 15) is 9.59 Å². The van der Waals surface area contributed by atoms with Gasteiger partial charge in [-0.1, -0.05) is 11.6 Å². The number of hydrogen-bond acceptors (Lipinski definition) is 3. The largest absolute Gasteiger partial charge is 0.478 e. The Morgan fingerprint density at radius 3 is 2.63 bits per heavy atom. The molecule has 1 heterocycles. The number of nitrogens with zero attached hydrogens (tertiary/aromatic N) is 1. The number of H-pyrrole nitrogens is 1. The predicted octanol–water partition coefficient (Wildman–Crippen LogP) is 2.32. The molecule has 0 saturated carbocycles. The standard InChI is InChI=1S/C12H10ClN3O3/c1-6-4-10(16-15-6)11(17)14-9-3-2-7(12(18)19)5-8(9)13/h2-5H,1H3,(H,14,17)(H,15,16)(H,18,19). The number of aromatic carboxylic acids is 1. The third-order valence-corrected chi connectivity index (χ3v) is 2.72. The molecule has 0 spiro atoms. The van der Waals surface area contributed by atoms with Crippen molar-refractivity contribution in [1.82, 2.24) is 10.2 Å². The van der Waals surface area contributed by atoms with Crippen molar-refractivity contribution < 1.29 is 14.7 Å². The molecule has 0 bridgehead atoms. The van der Waals surface area contributed by atoms with E-state index in [1.165, 1.54) is 18.2 Å². The molecule has 0 unspecified atom stereocenters. The fourth-order valence-electron chi connectivity index (χ4n) is 1.47. The summed E-state index contributed by atoms with van der Waals surface area (Å²) in [5, 5.41) is 18.0. The molecular formula is C12H10ClN3O3. The number of amides is 1. The summed E-state index contributed by atoms with van der Waals surface area (Å²) >= 11 is 5.90. The van der Waals surface area contributed by atoms with E-state index in [0.717, 1.165) is 5.69 Å². The molecule has 0 atom stereocenters. The molecule has 0 aliphatic rings. The van der Waals surface area contributed by atoms with Gasteiger partial charge in [0.2, 0.25) is 0 Å². The summed E-state index contributed by atoms with van der Waals surface area (Å²) in [5.41, 5.74) is 1.38. The van der Waals surface area contributed by atoms with E-state index >= 15 is 0 Å². The van der Waals surface area contributed by atoms with Gasteiger partial charge in [0, 0.05) is 5.69 Å². The van der Waals surface area contributed by atoms with Crippen LogP contribution in [0, 0.1) is 6.92 Å². The van der Waals surface area contributed by atoms with Gasteiger partial charge in [-0.15, -0.1) is 0 Å². The van der Waals surface area contributed by atoms with Crippen LogP contribution < -0.4 is 5.32 Å². The smallest absolute Gasteiger partial charge is 0.335 e. The molecule has 0 radical (unpaired) electrons. The third kappa shape index (κ3) is 2.92. The summed E-state index contributed by atoms with van der Waals surface area (Å²) in [4.78, 5) is 22.6. The highest BCUT2D eigenvalue weighted by Crippen LogP contribution is 2.23. The number of aryl methyl sites for hydroxylation is 1. The zero-order valence-corrected chi connectivity index (χ0v) is 10.7. The van der Waals surface area contributed by atoms with Crippen molar-refractivity contribution in [2.45, 2.75) is 6.92 Å². The van der Waals surface area contributed by atoms with E-state index in [2.05, 4.69) is 15.5 Å². The quantitative estimate of drug-likeness (QED) is 0.803. The van der Waals surface area contributed by atoms with Crippen LogP contribution in [-0.4, -0.2) is 27.2 Å². The summed E-state index contributed by atoms with van der Waals surface area (Å²) < 4.78 is 0. The molecule has 0 aliphatic carbocycles. The second-order valence-electron chi connectivity index (χ2n) is 3.89. The number of rotatable bonds is 3. The van der Waals surface area contributed by atoms with Crippen LogP contribution in [0.1, 0.15) is 26.5 Å². The van der Waals surface area contributed by atoms with Gasteiger partial charge in [0.25, 0.3) is 5.91 Å². The van der Waals surface area contributed by atoms with E-state index < -0.39 is 11.9 Å². The molecule has 0 fully saturated rings. The molecule has 19 heavy (non-hydrogen) atoms. The third-order valence-electron chi connectivity index (χ3n) is 2.40. The van der Waals surface area contributed by atoms with Crippen molar-refractivity contribution in [2.75, 3.05) is 5.32 Å². The first-order valence-electron chi connectivity index (χ1n) is 5.33. The number of aromatic nitrogens is 2. The lowest BCUT2D eigenvalue weighted by Crippen LogP contribution is -2.13. The van der Waals surface area contributed by atoms with Gasteiger partial charge in [-0.2, -0.15) is 5.10 Å². The number of hydrogen-bond donors (Lipinski definition) is 3. The maximum atomic E-state index is 11.8. The van der Waals surface area contributed by atoms with Gasteiger partial charge >= 0.3 is 5.97 Å². The van der Waals surface area contributed by atoms with Gasteiger partial charge in [0.05, 0.1) is 16.3 Å². The fourth-order valence-corrected chi connectivity index (χ4v) is 1.70. The van der Waals surface area contributed by atoms with Gasteiger partial charge < -0.3 is 10.4 Å². The van der Waals surface area contributed by atoms with Crippen LogP contribution in [0.25, 0.3) is 0 Å². The van der Waals surface area contributed by atoms with E-state index in [1.807, 2.05) is 0 Å². The lowest BCUT2D eigenvalue weighted by atomic mass is 10.2. The number of benzene rings is 1. The summed E-state index contributed by atoms with van der Waals surface area (Å²) in [7, 11) is 0. The molecule has 1 aromatic heterocycles. The number of anilines is 1. The van der Waals surface area contributed by atoms with Crippen molar-refractivity contribution in [3.63, 3.8) is 0 Å². The number of aromatic amines is 1. The van der Waals surface area contributed by atoms with Crippen molar-refractivity contribution in [3.05, 3.63) is 46.2 Å². The van der Waals surface area contributed by atoms with Gasteiger partial charge in [0.15, 0.2) is 5.69 Å². The van der Waals surface area contributed by atoms with E-state index in [1.54, 1.807) is 13.0 Å².